The Morgan fingerprint density at radius 3 is 2.89 bits per heavy atom. The molecule has 94 valence electrons. The first-order chi connectivity index (χ1) is 8.58. The molecular weight excluding hydrogens is 318 g/mol. The van der Waals surface area contributed by atoms with Crippen molar-refractivity contribution >= 4 is 38.8 Å². The van der Waals surface area contributed by atoms with Gasteiger partial charge in [-0.25, -0.2) is 4.98 Å². The number of nitrogens with one attached hydrogen (secondary N) is 1. The van der Waals surface area contributed by atoms with Gasteiger partial charge >= 0.3 is 0 Å². The van der Waals surface area contributed by atoms with E-state index in [4.69, 9.17) is 0 Å². The molecule has 2 heterocycles. The monoisotopic (exact) mass is 327 g/mol. The predicted octanol–water partition coefficient (Wildman–Crippen LogP) is 3.73. The Morgan fingerprint density at radius 1 is 1.56 bits per heavy atom. The van der Waals surface area contributed by atoms with Gasteiger partial charge in [0.05, 0.1) is 9.40 Å². The van der Waals surface area contributed by atoms with Gasteiger partial charge < -0.3 is 5.32 Å². The molecule has 0 bridgehead atoms. The number of nitro groups is 1. The van der Waals surface area contributed by atoms with Crippen molar-refractivity contribution in [2.75, 3.05) is 5.32 Å². The molecule has 0 saturated carbocycles. The van der Waals surface area contributed by atoms with Crippen LogP contribution in [0.1, 0.15) is 11.1 Å². The standard InChI is InChI=1S/C11H10BrN3O2S/c1-7-5-18-6-8(7)3-13-11-10(12)2-9(4-14-11)15(16)17/h2,4-6H,3H2,1H3,(H,13,14). The first kappa shape index (κ1) is 13.0. The van der Waals surface area contributed by atoms with Crippen LogP contribution in [0.5, 0.6) is 0 Å². The minimum absolute atomic E-state index is 0.0286. The number of thiophene rings is 1. The van der Waals surface area contributed by atoms with Crippen LogP contribution in [0.4, 0.5) is 11.5 Å². The summed E-state index contributed by atoms with van der Waals surface area (Å²) in [5, 5.41) is 17.9. The van der Waals surface area contributed by atoms with Crippen LogP contribution in [0.3, 0.4) is 0 Å². The SMILES string of the molecule is Cc1cscc1CNc1ncc([N+](=O)[O-])cc1Br. The molecule has 1 N–H and O–H groups in total. The average molecular weight is 328 g/mol. The highest BCUT2D eigenvalue weighted by Crippen LogP contribution is 2.25. The van der Waals surface area contributed by atoms with Gasteiger partial charge in [-0.15, -0.1) is 0 Å². The van der Waals surface area contributed by atoms with Crippen molar-refractivity contribution < 1.29 is 4.92 Å². The van der Waals surface area contributed by atoms with E-state index in [0.717, 1.165) is 0 Å². The number of hydrogen-bond donors (Lipinski definition) is 1. The summed E-state index contributed by atoms with van der Waals surface area (Å²) in [4.78, 5) is 14.1. The molecule has 0 fully saturated rings. The van der Waals surface area contributed by atoms with Crippen LogP contribution in [0.2, 0.25) is 0 Å². The molecule has 0 atom stereocenters. The van der Waals surface area contributed by atoms with Crippen LogP contribution in [0.25, 0.3) is 0 Å². The van der Waals surface area contributed by atoms with Gasteiger partial charge in [-0.1, -0.05) is 0 Å². The largest absolute Gasteiger partial charge is 0.365 e. The normalized spacial score (nSPS) is 10.3. The number of pyridine rings is 1. The number of anilines is 1. The van der Waals surface area contributed by atoms with Crippen molar-refractivity contribution in [2.45, 2.75) is 13.5 Å². The number of rotatable bonds is 4. The average Bonchev–Trinajstić information content (AvgIpc) is 2.73. The highest BCUT2D eigenvalue weighted by molar-refractivity contribution is 9.10. The Kier molecular flexibility index (Phi) is 3.93. The first-order valence-corrected chi connectivity index (χ1v) is 6.87. The number of hydrogen-bond acceptors (Lipinski definition) is 5. The summed E-state index contributed by atoms with van der Waals surface area (Å²) in [7, 11) is 0. The van der Waals surface area contributed by atoms with Crippen LogP contribution in [-0.2, 0) is 6.54 Å². The van der Waals surface area contributed by atoms with Gasteiger partial charge in [0.15, 0.2) is 0 Å². The summed E-state index contributed by atoms with van der Waals surface area (Å²) in [6.07, 6.45) is 1.24. The van der Waals surface area contributed by atoms with Gasteiger partial charge in [-0.3, -0.25) is 10.1 Å². The molecule has 0 amide bonds. The molecule has 0 aliphatic rings. The predicted molar refractivity (Wildman–Crippen MR) is 75.0 cm³/mol. The lowest BCUT2D eigenvalue weighted by Gasteiger charge is -2.06. The zero-order chi connectivity index (χ0) is 13.1. The Labute approximate surface area is 116 Å². The van der Waals surface area contributed by atoms with Crippen molar-refractivity contribution in [3.8, 4) is 0 Å². The fraction of sp³-hybridized carbons (Fsp3) is 0.182. The van der Waals surface area contributed by atoms with E-state index < -0.39 is 4.92 Å². The number of nitrogens with zero attached hydrogens (tertiary/aromatic N) is 2. The highest BCUT2D eigenvalue weighted by atomic mass is 79.9. The molecule has 7 heteroatoms. The Bertz CT molecular complexity index is 585. The molecule has 0 spiro atoms. The third kappa shape index (κ3) is 2.85. The zero-order valence-corrected chi connectivity index (χ0v) is 11.9. The zero-order valence-electron chi connectivity index (χ0n) is 9.51. The second-order valence-electron chi connectivity index (χ2n) is 3.71. The van der Waals surface area contributed by atoms with E-state index in [1.807, 2.05) is 6.92 Å². The van der Waals surface area contributed by atoms with Crippen LogP contribution in [-0.4, -0.2) is 9.91 Å². The molecule has 18 heavy (non-hydrogen) atoms. The van der Waals surface area contributed by atoms with Crippen molar-refractivity contribution in [3.63, 3.8) is 0 Å². The van der Waals surface area contributed by atoms with Crippen LogP contribution >= 0.6 is 27.3 Å². The molecular formula is C11H10BrN3O2S. The van der Waals surface area contributed by atoms with E-state index in [1.165, 1.54) is 23.4 Å². The number of aryl methyl sites for hydroxylation is 1. The van der Waals surface area contributed by atoms with Gasteiger partial charge in [0.25, 0.3) is 5.69 Å². The molecule has 0 aliphatic heterocycles. The summed E-state index contributed by atoms with van der Waals surface area (Å²) in [5.74, 6) is 0.603. The lowest BCUT2D eigenvalue weighted by Crippen LogP contribution is -2.02. The van der Waals surface area contributed by atoms with E-state index in [-0.39, 0.29) is 5.69 Å². The van der Waals surface area contributed by atoms with Gasteiger partial charge in [-0.05, 0) is 44.7 Å². The minimum atomic E-state index is -0.468. The summed E-state index contributed by atoms with van der Waals surface area (Å²) >= 11 is 4.92. The van der Waals surface area contributed by atoms with Gasteiger partial charge in [-0.2, -0.15) is 11.3 Å². The third-order valence-electron chi connectivity index (χ3n) is 2.45. The second kappa shape index (κ2) is 5.45. The molecule has 0 aliphatic carbocycles. The fourth-order valence-electron chi connectivity index (χ4n) is 1.40. The van der Waals surface area contributed by atoms with Gasteiger partial charge in [0, 0.05) is 12.6 Å². The quantitative estimate of drug-likeness (QED) is 0.686. The first-order valence-electron chi connectivity index (χ1n) is 5.13. The van der Waals surface area contributed by atoms with E-state index >= 15 is 0 Å². The molecule has 0 unspecified atom stereocenters. The summed E-state index contributed by atoms with van der Waals surface area (Å²) in [6.45, 7) is 2.70. The lowest BCUT2D eigenvalue weighted by molar-refractivity contribution is -0.385. The fourth-order valence-corrected chi connectivity index (χ4v) is 2.74. The van der Waals surface area contributed by atoms with E-state index in [0.29, 0.717) is 16.8 Å². The number of halogens is 1. The van der Waals surface area contributed by atoms with Crippen molar-refractivity contribution in [2.24, 2.45) is 0 Å². The number of aromatic nitrogens is 1. The van der Waals surface area contributed by atoms with Gasteiger partial charge in [0.1, 0.15) is 12.0 Å². The summed E-state index contributed by atoms with van der Waals surface area (Å²) in [6, 6.07) is 1.44. The van der Waals surface area contributed by atoms with Crippen LogP contribution in [0.15, 0.2) is 27.5 Å². The van der Waals surface area contributed by atoms with Crippen molar-refractivity contribution in [3.05, 3.63) is 48.7 Å². The topological polar surface area (TPSA) is 68.1 Å². The molecule has 0 saturated heterocycles. The molecule has 2 aromatic heterocycles. The van der Waals surface area contributed by atoms with E-state index in [1.54, 1.807) is 11.3 Å². The maximum atomic E-state index is 10.6. The molecule has 0 radical (unpaired) electrons. The van der Waals surface area contributed by atoms with E-state index in [2.05, 4.69) is 37.0 Å². The molecule has 5 nitrogen and oxygen atoms in total. The van der Waals surface area contributed by atoms with Crippen LogP contribution < -0.4 is 5.32 Å². The minimum Gasteiger partial charge on any atom is -0.365 e. The summed E-state index contributed by atoms with van der Waals surface area (Å²) < 4.78 is 0.588. The highest BCUT2D eigenvalue weighted by Gasteiger charge is 2.10. The Balaban J connectivity index is 2.11. The summed E-state index contributed by atoms with van der Waals surface area (Å²) in [5.41, 5.74) is 2.40. The maximum absolute atomic E-state index is 10.6. The molecule has 0 aromatic carbocycles. The Hall–Kier alpha value is -1.47. The Morgan fingerprint density at radius 2 is 2.33 bits per heavy atom. The lowest BCUT2D eigenvalue weighted by atomic mass is 10.2. The third-order valence-corrected chi connectivity index (χ3v) is 3.96. The van der Waals surface area contributed by atoms with E-state index in [9.17, 15) is 10.1 Å². The van der Waals surface area contributed by atoms with Gasteiger partial charge in [0.2, 0.25) is 0 Å². The second-order valence-corrected chi connectivity index (χ2v) is 5.31. The van der Waals surface area contributed by atoms with Crippen molar-refractivity contribution in [1.29, 1.82) is 0 Å². The molecule has 2 rings (SSSR count). The molecule has 2 aromatic rings. The van der Waals surface area contributed by atoms with Crippen LogP contribution in [0, 0.1) is 17.0 Å². The smallest absolute Gasteiger partial charge is 0.288 e. The van der Waals surface area contributed by atoms with Crippen molar-refractivity contribution in [1.82, 2.24) is 4.98 Å². The maximum Gasteiger partial charge on any atom is 0.288 e.